The lowest BCUT2D eigenvalue weighted by molar-refractivity contribution is -0.00822. The Bertz CT molecular complexity index is 487. The molecule has 3 nitrogen and oxygen atoms in total. The first-order valence-electron chi connectivity index (χ1n) is 12.1. The van der Waals surface area contributed by atoms with Crippen LogP contribution in [0.15, 0.2) is 12.7 Å². The Hall–Kier alpha value is 0.0538. The second kappa shape index (κ2) is 11.8. The monoisotopic (exact) mass is 458 g/mol. The average Bonchev–Trinajstić information content (AvgIpc) is 2.59. The van der Waals surface area contributed by atoms with Crippen molar-refractivity contribution < 1.29 is 14.0 Å². The van der Waals surface area contributed by atoms with Gasteiger partial charge in [0, 0.05) is 18.4 Å². The smallest absolute Gasteiger partial charge is 0.200 e. The predicted molar refractivity (Wildman–Crippen MR) is 138 cm³/mol. The summed E-state index contributed by atoms with van der Waals surface area (Å²) >= 11 is 0. The van der Waals surface area contributed by atoms with E-state index in [-0.39, 0.29) is 35.7 Å². The third-order valence-electron chi connectivity index (χ3n) is 7.65. The van der Waals surface area contributed by atoms with Crippen LogP contribution >= 0.6 is 0 Å². The normalized spacial score (nSPS) is 18.0. The van der Waals surface area contributed by atoms with Crippen molar-refractivity contribution >= 4 is 16.6 Å². The Balaban J connectivity index is 6.17. The van der Waals surface area contributed by atoms with Crippen molar-refractivity contribution in [3.63, 3.8) is 0 Å². The molecule has 0 radical (unpaired) electrons. The molecule has 0 rings (SSSR count). The second-order valence-electron chi connectivity index (χ2n) is 11.9. The van der Waals surface area contributed by atoms with Gasteiger partial charge in [0.25, 0.3) is 0 Å². The molecule has 4 atom stereocenters. The molecule has 0 aliphatic heterocycles. The summed E-state index contributed by atoms with van der Waals surface area (Å²) in [7, 11) is -4.02. The van der Waals surface area contributed by atoms with Gasteiger partial charge in [-0.25, -0.2) is 0 Å². The lowest BCUT2D eigenvalue weighted by Crippen LogP contribution is -2.55. The van der Waals surface area contributed by atoms with E-state index in [1.54, 1.807) is 0 Å². The van der Waals surface area contributed by atoms with E-state index in [2.05, 4.69) is 95.8 Å². The predicted octanol–water partition coefficient (Wildman–Crippen LogP) is 7.78. The number of aliphatic hydroxyl groups is 1. The molecule has 1 N–H and O–H groups in total. The van der Waals surface area contributed by atoms with E-state index in [4.69, 9.17) is 8.85 Å². The summed E-state index contributed by atoms with van der Waals surface area (Å²) < 4.78 is 14.1. The fourth-order valence-corrected chi connectivity index (χ4v) is 11.9. The van der Waals surface area contributed by atoms with Crippen molar-refractivity contribution in [1.29, 1.82) is 0 Å². The maximum atomic E-state index is 10.1. The summed E-state index contributed by atoms with van der Waals surface area (Å²) in [6, 6.07) is 0. The first-order chi connectivity index (χ1) is 13.5. The highest BCUT2D eigenvalue weighted by Gasteiger charge is 2.49. The standard InChI is InChI=1S/C25H54O3Si2/c1-15-16-23(27-29(13,14)25(10,11)12)22(9)24(21(8)17-26)28-30(18(2)3,19(4)5)20(6)7/h15,18-24,26H,1,16-17H2,2-14H3/t21-,22-,23?,24+/m1/s1. The maximum Gasteiger partial charge on any atom is 0.200 e. The summed E-state index contributed by atoms with van der Waals surface area (Å²) in [5.74, 6) is 0.251. The van der Waals surface area contributed by atoms with E-state index in [9.17, 15) is 5.11 Å². The van der Waals surface area contributed by atoms with Crippen molar-refractivity contribution in [2.75, 3.05) is 6.61 Å². The van der Waals surface area contributed by atoms with Crippen LogP contribution in [0, 0.1) is 11.8 Å². The summed E-state index contributed by atoms with van der Waals surface area (Å²) in [5.41, 5.74) is 1.53. The van der Waals surface area contributed by atoms with E-state index in [1.165, 1.54) is 0 Å². The maximum absolute atomic E-state index is 10.1. The van der Waals surface area contributed by atoms with E-state index in [0.29, 0.717) is 16.6 Å². The number of aliphatic hydroxyl groups excluding tert-OH is 1. The molecule has 30 heavy (non-hydrogen) atoms. The van der Waals surface area contributed by atoms with Gasteiger partial charge in [0.05, 0.1) is 12.2 Å². The van der Waals surface area contributed by atoms with Gasteiger partial charge in [0.2, 0.25) is 8.32 Å². The molecule has 0 amide bonds. The Kier molecular flexibility index (Phi) is 11.8. The van der Waals surface area contributed by atoms with E-state index in [1.807, 2.05) is 6.08 Å². The van der Waals surface area contributed by atoms with Gasteiger partial charge in [0.15, 0.2) is 8.32 Å². The van der Waals surface area contributed by atoms with E-state index < -0.39 is 16.6 Å². The molecule has 0 bridgehead atoms. The summed E-state index contributed by atoms with van der Waals surface area (Å²) in [5, 5.41) is 10.3. The van der Waals surface area contributed by atoms with Gasteiger partial charge in [0.1, 0.15) is 0 Å². The molecule has 0 aromatic heterocycles. The number of hydrogen-bond donors (Lipinski definition) is 1. The molecule has 0 saturated heterocycles. The van der Waals surface area contributed by atoms with Crippen molar-refractivity contribution in [3.05, 3.63) is 12.7 Å². The molecule has 0 fully saturated rings. The molecule has 0 saturated carbocycles. The summed E-state index contributed by atoms with van der Waals surface area (Å²) in [4.78, 5) is 0. The molecule has 0 aliphatic rings. The molecule has 0 spiro atoms. The van der Waals surface area contributed by atoms with Crippen LogP contribution < -0.4 is 0 Å². The zero-order valence-corrected chi connectivity index (χ0v) is 24.5. The van der Waals surface area contributed by atoms with Gasteiger partial charge in [-0.1, -0.05) is 82.2 Å². The van der Waals surface area contributed by atoms with E-state index >= 15 is 0 Å². The quantitative estimate of drug-likeness (QED) is 0.226. The largest absolute Gasteiger partial charge is 0.413 e. The molecule has 1 unspecified atom stereocenters. The highest BCUT2D eigenvalue weighted by Crippen LogP contribution is 2.45. The molecule has 0 heterocycles. The van der Waals surface area contributed by atoms with Crippen molar-refractivity contribution in [2.45, 2.75) is 130 Å². The zero-order valence-electron chi connectivity index (χ0n) is 22.5. The van der Waals surface area contributed by atoms with Crippen LogP contribution in [0.5, 0.6) is 0 Å². The molecular formula is C25H54O3Si2. The van der Waals surface area contributed by atoms with Crippen LogP contribution in [0.25, 0.3) is 0 Å². The minimum Gasteiger partial charge on any atom is -0.413 e. The lowest BCUT2D eigenvalue weighted by atomic mass is 9.88. The van der Waals surface area contributed by atoms with Gasteiger partial charge in [-0.05, 0) is 41.2 Å². The summed E-state index contributed by atoms with van der Waals surface area (Å²) in [6.45, 7) is 34.0. The van der Waals surface area contributed by atoms with Gasteiger partial charge in [-0.15, -0.1) is 6.58 Å². The van der Waals surface area contributed by atoms with Crippen LogP contribution in [0.4, 0.5) is 0 Å². The van der Waals surface area contributed by atoms with Gasteiger partial charge in [-0.3, -0.25) is 0 Å². The molecular weight excluding hydrogens is 404 g/mol. The highest BCUT2D eigenvalue weighted by molar-refractivity contribution is 6.77. The Morgan fingerprint density at radius 3 is 1.60 bits per heavy atom. The average molecular weight is 459 g/mol. The topological polar surface area (TPSA) is 38.7 Å². The van der Waals surface area contributed by atoms with Crippen molar-refractivity contribution in [1.82, 2.24) is 0 Å². The zero-order chi connectivity index (χ0) is 24.1. The molecule has 5 heteroatoms. The minimum atomic E-state index is -2.08. The third-order valence-corrected chi connectivity index (χ3v) is 18.3. The van der Waals surface area contributed by atoms with Crippen LogP contribution in [0.3, 0.4) is 0 Å². The van der Waals surface area contributed by atoms with Crippen LogP contribution in [-0.4, -0.2) is 40.6 Å². The molecule has 0 aliphatic carbocycles. The third kappa shape index (κ3) is 7.03. The molecule has 0 aromatic rings. The van der Waals surface area contributed by atoms with Gasteiger partial charge >= 0.3 is 0 Å². The van der Waals surface area contributed by atoms with Crippen molar-refractivity contribution in [3.8, 4) is 0 Å². The fraction of sp³-hybridized carbons (Fsp3) is 0.920. The second-order valence-corrected chi connectivity index (χ2v) is 22.0. The minimum absolute atomic E-state index is 0.0245. The Morgan fingerprint density at radius 2 is 1.30 bits per heavy atom. The van der Waals surface area contributed by atoms with Gasteiger partial charge in [-0.2, -0.15) is 0 Å². The number of hydrogen-bond acceptors (Lipinski definition) is 3. The van der Waals surface area contributed by atoms with E-state index in [0.717, 1.165) is 6.42 Å². The Labute approximate surface area is 191 Å². The molecule has 180 valence electrons. The van der Waals surface area contributed by atoms with Crippen LogP contribution in [0.2, 0.25) is 34.8 Å². The fourth-order valence-electron chi connectivity index (χ4n) is 4.79. The highest BCUT2D eigenvalue weighted by atomic mass is 28.4. The van der Waals surface area contributed by atoms with Gasteiger partial charge < -0.3 is 14.0 Å². The number of rotatable bonds is 13. The SMILES string of the molecule is C=CCC(O[Si](C)(C)C(C)(C)C)[C@@H](C)[C@@H](O[Si](C(C)C)(C(C)C)C(C)C)[C@H](C)CO. The van der Waals surface area contributed by atoms with Crippen LogP contribution in [0.1, 0.15) is 82.6 Å². The van der Waals surface area contributed by atoms with Crippen LogP contribution in [-0.2, 0) is 8.85 Å². The first-order valence-corrected chi connectivity index (χ1v) is 17.1. The Morgan fingerprint density at radius 1 is 0.867 bits per heavy atom. The summed E-state index contributed by atoms with van der Waals surface area (Å²) in [6.07, 6.45) is 2.82. The molecule has 0 aromatic carbocycles. The van der Waals surface area contributed by atoms with Crippen molar-refractivity contribution in [2.24, 2.45) is 11.8 Å². The lowest BCUT2D eigenvalue weighted by Gasteiger charge is -2.49. The first kappa shape index (κ1) is 30.1.